The van der Waals surface area contributed by atoms with Gasteiger partial charge < -0.3 is 5.32 Å². The van der Waals surface area contributed by atoms with Crippen molar-refractivity contribution in [3.8, 4) is 0 Å². The molecule has 0 saturated heterocycles. The van der Waals surface area contributed by atoms with E-state index in [9.17, 15) is 4.79 Å². The summed E-state index contributed by atoms with van der Waals surface area (Å²) >= 11 is 3.44. The summed E-state index contributed by atoms with van der Waals surface area (Å²) in [6.45, 7) is 0. The van der Waals surface area contributed by atoms with Crippen molar-refractivity contribution >= 4 is 27.5 Å². The standard InChI is InChI=1S/C15H20BrNO/c16-11-13-7-3-4-8-14(13)17-15(18)10-9-12-5-1-2-6-12/h3-4,7-8,12H,1-2,5-6,9-11H2,(H,17,18). The van der Waals surface area contributed by atoms with Gasteiger partial charge in [0.2, 0.25) is 5.91 Å². The minimum Gasteiger partial charge on any atom is -0.326 e. The Kier molecular flexibility index (Phi) is 5.24. The molecule has 1 saturated carbocycles. The maximum atomic E-state index is 11.9. The lowest BCUT2D eigenvalue weighted by molar-refractivity contribution is -0.116. The van der Waals surface area contributed by atoms with E-state index in [0.29, 0.717) is 6.42 Å². The second-order valence-electron chi connectivity index (χ2n) is 5.03. The first-order valence-corrected chi connectivity index (χ1v) is 7.85. The predicted molar refractivity (Wildman–Crippen MR) is 78.9 cm³/mol. The predicted octanol–water partition coefficient (Wildman–Crippen LogP) is 4.49. The van der Waals surface area contributed by atoms with Crippen LogP contribution >= 0.6 is 15.9 Å². The molecule has 1 amide bonds. The first-order chi connectivity index (χ1) is 8.79. The highest BCUT2D eigenvalue weighted by Gasteiger charge is 2.16. The van der Waals surface area contributed by atoms with Gasteiger partial charge >= 0.3 is 0 Å². The van der Waals surface area contributed by atoms with Crippen LogP contribution in [0.5, 0.6) is 0 Å². The van der Waals surface area contributed by atoms with Gasteiger partial charge in [-0.2, -0.15) is 0 Å². The van der Waals surface area contributed by atoms with E-state index in [1.165, 1.54) is 25.7 Å². The van der Waals surface area contributed by atoms with E-state index >= 15 is 0 Å². The molecule has 2 rings (SSSR count). The van der Waals surface area contributed by atoms with E-state index in [1.54, 1.807) is 0 Å². The zero-order valence-corrected chi connectivity index (χ0v) is 12.2. The Morgan fingerprint density at radius 3 is 2.72 bits per heavy atom. The van der Waals surface area contributed by atoms with Crippen molar-refractivity contribution in [3.05, 3.63) is 29.8 Å². The number of nitrogens with one attached hydrogen (secondary N) is 1. The number of hydrogen-bond donors (Lipinski definition) is 1. The molecular formula is C15H20BrNO. The van der Waals surface area contributed by atoms with Crippen LogP contribution in [0.4, 0.5) is 5.69 Å². The van der Waals surface area contributed by atoms with Crippen LogP contribution in [0.2, 0.25) is 0 Å². The quantitative estimate of drug-likeness (QED) is 0.798. The number of rotatable bonds is 5. The third-order valence-corrected chi connectivity index (χ3v) is 4.29. The van der Waals surface area contributed by atoms with Crippen molar-refractivity contribution in [2.45, 2.75) is 43.9 Å². The van der Waals surface area contributed by atoms with Gasteiger partial charge in [-0.3, -0.25) is 4.79 Å². The zero-order valence-electron chi connectivity index (χ0n) is 10.6. The van der Waals surface area contributed by atoms with Crippen molar-refractivity contribution in [1.29, 1.82) is 0 Å². The lowest BCUT2D eigenvalue weighted by Gasteiger charge is -2.11. The van der Waals surface area contributed by atoms with Crippen LogP contribution in [0.15, 0.2) is 24.3 Å². The monoisotopic (exact) mass is 309 g/mol. The van der Waals surface area contributed by atoms with Crippen LogP contribution in [-0.2, 0) is 10.1 Å². The Morgan fingerprint density at radius 2 is 2.00 bits per heavy atom. The number of benzene rings is 1. The third-order valence-electron chi connectivity index (χ3n) is 3.69. The van der Waals surface area contributed by atoms with E-state index in [-0.39, 0.29) is 5.91 Å². The maximum Gasteiger partial charge on any atom is 0.224 e. The highest BCUT2D eigenvalue weighted by Crippen LogP contribution is 2.28. The van der Waals surface area contributed by atoms with E-state index < -0.39 is 0 Å². The molecule has 1 aromatic carbocycles. The van der Waals surface area contributed by atoms with Gasteiger partial charge in [-0.25, -0.2) is 0 Å². The Labute approximate surface area is 117 Å². The summed E-state index contributed by atoms with van der Waals surface area (Å²) in [5.74, 6) is 0.928. The average Bonchev–Trinajstić information content (AvgIpc) is 2.90. The van der Waals surface area contributed by atoms with Gasteiger partial charge in [-0.05, 0) is 24.0 Å². The zero-order chi connectivity index (χ0) is 12.8. The van der Waals surface area contributed by atoms with Crippen LogP contribution in [-0.4, -0.2) is 5.91 Å². The van der Waals surface area contributed by atoms with E-state index in [4.69, 9.17) is 0 Å². The van der Waals surface area contributed by atoms with Crippen LogP contribution < -0.4 is 5.32 Å². The molecule has 3 heteroatoms. The molecule has 98 valence electrons. The first kappa shape index (κ1) is 13.6. The van der Waals surface area contributed by atoms with Gasteiger partial charge in [-0.15, -0.1) is 0 Å². The Bertz CT molecular complexity index is 399. The third kappa shape index (κ3) is 3.84. The molecule has 1 fully saturated rings. The fraction of sp³-hybridized carbons (Fsp3) is 0.533. The molecule has 1 aliphatic carbocycles. The second-order valence-corrected chi connectivity index (χ2v) is 5.59. The van der Waals surface area contributed by atoms with E-state index in [0.717, 1.165) is 28.9 Å². The summed E-state index contributed by atoms with van der Waals surface area (Å²) in [6.07, 6.45) is 7.01. The number of amides is 1. The van der Waals surface area contributed by atoms with E-state index in [2.05, 4.69) is 21.2 Å². The minimum absolute atomic E-state index is 0.148. The van der Waals surface area contributed by atoms with Gasteiger partial charge in [0, 0.05) is 17.4 Å². The first-order valence-electron chi connectivity index (χ1n) is 6.73. The van der Waals surface area contributed by atoms with Crippen LogP contribution in [0.25, 0.3) is 0 Å². The average molecular weight is 310 g/mol. The summed E-state index contributed by atoms with van der Waals surface area (Å²) in [4.78, 5) is 11.9. The molecule has 18 heavy (non-hydrogen) atoms. The van der Waals surface area contributed by atoms with Gasteiger partial charge in [0.15, 0.2) is 0 Å². The molecule has 1 N–H and O–H groups in total. The van der Waals surface area contributed by atoms with Crippen molar-refractivity contribution in [3.63, 3.8) is 0 Å². The summed E-state index contributed by atoms with van der Waals surface area (Å²) in [5.41, 5.74) is 2.07. The summed E-state index contributed by atoms with van der Waals surface area (Å²) in [6, 6.07) is 7.94. The van der Waals surface area contributed by atoms with Gasteiger partial charge in [0.1, 0.15) is 0 Å². The van der Waals surface area contributed by atoms with Crippen molar-refractivity contribution in [2.75, 3.05) is 5.32 Å². The number of para-hydroxylation sites is 1. The molecule has 0 aromatic heterocycles. The number of alkyl halides is 1. The molecule has 0 aliphatic heterocycles. The van der Waals surface area contributed by atoms with Crippen LogP contribution in [0.3, 0.4) is 0 Å². The second kappa shape index (κ2) is 6.93. The topological polar surface area (TPSA) is 29.1 Å². The molecule has 0 heterocycles. The molecule has 0 spiro atoms. The molecule has 0 atom stereocenters. The molecule has 1 aromatic rings. The highest BCUT2D eigenvalue weighted by atomic mass is 79.9. The molecular weight excluding hydrogens is 290 g/mol. The summed E-state index contributed by atoms with van der Waals surface area (Å²) in [7, 11) is 0. The van der Waals surface area contributed by atoms with Gasteiger partial charge in [0.05, 0.1) is 0 Å². The highest BCUT2D eigenvalue weighted by molar-refractivity contribution is 9.08. The smallest absolute Gasteiger partial charge is 0.224 e. The number of carbonyl (C=O) groups excluding carboxylic acids is 1. The molecule has 0 radical (unpaired) electrons. The van der Waals surface area contributed by atoms with Gasteiger partial charge in [-0.1, -0.05) is 59.8 Å². The van der Waals surface area contributed by atoms with Crippen molar-refractivity contribution < 1.29 is 4.79 Å². The number of anilines is 1. The molecule has 1 aliphatic rings. The Balaban J connectivity index is 1.82. The summed E-state index contributed by atoms with van der Waals surface area (Å²) < 4.78 is 0. The number of hydrogen-bond acceptors (Lipinski definition) is 1. The molecule has 0 bridgehead atoms. The van der Waals surface area contributed by atoms with Crippen molar-refractivity contribution in [2.24, 2.45) is 5.92 Å². The number of halogens is 1. The Morgan fingerprint density at radius 1 is 1.28 bits per heavy atom. The van der Waals surface area contributed by atoms with Crippen LogP contribution in [0, 0.1) is 5.92 Å². The van der Waals surface area contributed by atoms with Gasteiger partial charge in [0.25, 0.3) is 0 Å². The molecule has 2 nitrogen and oxygen atoms in total. The molecule has 0 unspecified atom stereocenters. The minimum atomic E-state index is 0.148. The normalized spacial score (nSPS) is 15.8. The van der Waals surface area contributed by atoms with Crippen LogP contribution in [0.1, 0.15) is 44.1 Å². The summed E-state index contributed by atoms with van der Waals surface area (Å²) in [5, 5.41) is 3.79. The van der Waals surface area contributed by atoms with E-state index in [1.807, 2.05) is 24.3 Å². The lowest BCUT2D eigenvalue weighted by atomic mass is 10.0. The fourth-order valence-electron chi connectivity index (χ4n) is 2.61. The number of carbonyl (C=O) groups is 1. The largest absolute Gasteiger partial charge is 0.326 e. The fourth-order valence-corrected chi connectivity index (χ4v) is 3.09. The lowest BCUT2D eigenvalue weighted by Crippen LogP contribution is -2.13. The SMILES string of the molecule is O=C(CCC1CCCC1)Nc1ccccc1CBr. The van der Waals surface area contributed by atoms with Crippen molar-refractivity contribution in [1.82, 2.24) is 0 Å². The Hall–Kier alpha value is -0.830. The maximum absolute atomic E-state index is 11.9.